The number of hydrogen-bond acceptors (Lipinski definition) is 3. The summed E-state index contributed by atoms with van der Waals surface area (Å²) in [5, 5.41) is 9.59. The van der Waals surface area contributed by atoms with Crippen LogP contribution in [0.5, 0.6) is 5.75 Å². The van der Waals surface area contributed by atoms with Gasteiger partial charge in [0.1, 0.15) is 5.75 Å². The van der Waals surface area contributed by atoms with Crippen LogP contribution in [0.1, 0.15) is 32.8 Å². The Morgan fingerprint density at radius 2 is 1.60 bits per heavy atom. The Hall–Kier alpha value is -0.580. The Morgan fingerprint density at radius 3 is 2.20 bits per heavy atom. The van der Waals surface area contributed by atoms with Crippen molar-refractivity contribution in [3.63, 3.8) is 0 Å². The molecule has 3 nitrogen and oxygen atoms in total. The lowest BCUT2D eigenvalue weighted by atomic mass is 10.2. The van der Waals surface area contributed by atoms with Crippen LogP contribution in [-0.2, 0) is 6.54 Å². The van der Waals surface area contributed by atoms with Gasteiger partial charge in [0.25, 0.3) is 0 Å². The number of aromatic hydroxyl groups is 1. The minimum Gasteiger partial charge on any atom is -0.508 e. The zero-order chi connectivity index (χ0) is 15.0. The Balaban J connectivity index is 2.48. The predicted octanol–water partition coefficient (Wildman–Crippen LogP) is 3.71. The van der Waals surface area contributed by atoms with E-state index in [2.05, 4.69) is 46.5 Å². The summed E-state index contributed by atoms with van der Waals surface area (Å²) in [5.74, 6) is 0.336. The first kappa shape index (κ1) is 17.5. The zero-order valence-electron chi connectivity index (χ0n) is 12.9. The summed E-state index contributed by atoms with van der Waals surface area (Å²) >= 11 is 3.56. The first-order valence-electron chi connectivity index (χ1n) is 7.52. The van der Waals surface area contributed by atoms with Gasteiger partial charge in [-0.1, -0.05) is 36.7 Å². The Labute approximate surface area is 131 Å². The normalized spacial score (nSPS) is 11.5. The molecule has 0 fully saturated rings. The van der Waals surface area contributed by atoms with Gasteiger partial charge in [-0.05, 0) is 62.9 Å². The monoisotopic (exact) mass is 342 g/mol. The van der Waals surface area contributed by atoms with Crippen molar-refractivity contribution in [2.24, 2.45) is 0 Å². The third kappa shape index (κ3) is 5.81. The van der Waals surface area contributed by atoms with Gasteiger partial charge in [0.2, 0.25) is 0 Å². The van der Waals surface area contributed by atoms with Gasteiger partial charge in [0, 0.05) is 11.0 Å². The fourth-order valence-corrected chi connectivity index (χ4v) is 2.70. The summed E-state index contributed by atoms with van der Waals surface area (Å²) in [4.78, 5) is 4.88. The van der Waals surface area contributed by atoms with Crippen LogP contribution in [0.4, 0.5) is 0 Å². The van der Waals surface area contributed by atoms with Crippen LogP contribution in [0, 0.1) is 0 Å². The minimum absolute atomic E-state index is 0.336. The molecule has 0 aliphatic carbocycles. The predicted molar refractivity (Wildman–Crippen MR) is 89.2 cm³/mol. The number of rotatable bonds is 9. The third-order valence-corrected chi connectivity index (χ3v) is 4.49. The molecule has 0 amide bonds. The molecule has 0 unspecified atom stereocenters. The van der Waals surface area contributed by atoms with Crippen LogP contribution >= 0.6 is 15.9 Å². The molecule has 0 spiro atoms. The van der Waals surface area contributed by atoms with Gasteiger partial charge in [0.15, 0.2) is 0 Å². The van der Waals surface area contributed by atoms with Crippen LogP contribution in [0.2, 0.25) is 0 Å². The Kier molecular flexibility index (Phi) is 8.19. The highest BCUT2D eigenvalue weighted by Gasteiger charge is 2.08. The number of nitrogens with zero attached hydrogens (tertiary/aromatic N) is 2. The molecule has 0 aromatic heterocycles. The lowest BCUT2D eigenvalue weighted by molar-refractivity contribution is 0.238. The zero-order valence-corrected chi connectivity index (χ0v) is 14.5. The lowest BCUT2D eigenvalue weighted by Gasteiger charge is -2.24. The van der Waals surface area contributed by atoms with E-state index in [-0.39, 0.29) is 0 Å². The van der Waals surface area contributed by atoms with E-state index in [1.807, 2.05) is 12.1 Å². The fraction of sp³-hybridized carbons (Fsp3) is 0.625. The second kappa shape index (κ2) is 9.37. The molecule has 0 atom stereocenters. The molecule has 0 aliphatic rings. The van der Waals surface area contributed by atoms with Gasteiger partial charge >= 0.3 is 0 Å². The van der Waals surface area contributed by atoms with Gasteiger partial charge in [-0.3, -0.25) is 4.90 Å². The Bertz CT molecular complexity index is 394. The SMILES string of the molecule is CCN(CC)CCCN(CC)Cc1cc(O)ccc1Br. The lowest BCUT2D eigenvalue weighted by Crippen LogP contribution is -2.29. The molecule has 20 heavy (non-hydrogen) atoms. The van der Waals surface area contributed by atoms with Crippen molar-refractivity contribution in [1.82, 2.24) is 9.80 Å². The molecule has 114 valence electrons. The fourth-order valence-electron chi connectivity index (χ4n) is 2.33. The van der Waals surface area contributed by atoms with E-state index < -0.39 is 0 Å². The van der Waals surface area contributed by atoms with Crippen molar-refractivity contribution >= 4 is 15.9 Å². The quantitative estimate of drug-likeness (QED) is 0.740. The van der Waals surface area contributed by atoms with Crippen molar-refractivity contribution in [1.29, 1.82) is 0 Å². The minimum atomic E-state index is 0.336. The van der Waals surface area contributed by atoms with E-state index in [1.165, 1.54) is 6.42 Å². The molecule has 0 saturated heterocycles. The van der Waals surface area contributed by atoms with E-state index >= 15 is 0 Å². The van der Waals surface area contributed by atoms with E-state index in [4.69, 9.17) is 0 Å². The van der Waals surface area contributed by atoms with Gasteiger partial charge < -0.3 is 10.0 Å². The molecule has 0 aliphatic heterocycles. The third-order valence-electron chi connectivity index (χ3n) is 3.71. The van der Waals surface area contributed by atoms with Gasteiger partial charge in [-0.15, -0.1) is 0 Å². The number of benzene rings is 1. The number of phenols is 1. The number of phenolic OH excluding ortho intramolecular Hbond substituents is 1. The second-order valence-corrected chi connectivity index (χ2v) is 5.88. The topological polar surface area (TPSA) is 26.7 Å². The average Bonchev–Trinajstić information content (AvgIpc) is 2.46. The van der Waals surface area contributed by atoms with E-state index in [9.17, 15) is 5.11 Å². The maximum Gasteiger partial charge on any atom is 0.115 e. The van der Waals surface area contributed by atoms with Crippen molar-refractivity contribution in [3.05, 3.63) is 28.2 Å². The summed E-state index contributed by atoms with van der Waals surface area (Å²) in [5.41, 5.74) is 1.15. The van der Waals surface area contributed by atoms with Crippen molar-refractivity contribution < 1.29 is 5.11 Å². The van der Waals surface area contributed by atoms with Crippen LogP contribution in [0.25, 0.3) is 0 Å². The van der Waals surface area contributed by atoms with Gasteiger partial charge in [-0.25, -0.2) is 0 Å². The summed E-state index contributed by atoms with van der Waals surface area (Å²) in [6.07, 6.45) is 1.19. The average molecular weight is 343 g/mol. The smallest absolute Gasteiger partial charge is 0.115 e. The molecule has 1 aromatic carbocycles. The molecule has 0 bridgehead atoms. The van der Waals surface area contributed by atoms with Crippen LogP contribution in [0.15, 0.2) is 22.7 Å². The summed E-state index contributed by atoms with van der Waals surface area (Å²) < 4.78 is 1.07. The molecule has 0 radical (unpaired) electrons. The molecule has 0 saturated carbocycles. The highest BCUT2D eigenvalue weighted by atomic mass is 79.9. The Morgan fingerprint density at radius 1 is 1.00 bits per heavy atom. The van der Waals surface area contributed by atoms with Gasteiger partial charge in [-0.2, -0.15) is 0 Å². The highest BCUT2D eigenvalue weighted by molar-refractivity contribution is 9.10. The van der Waals surface area contributed by atoms with Crippen molar-refractivity contribution in [2.45, 2.75) is 33.7 Å². The largest absolute Gasteiger partial charge is 0.508 e. The molecule has 1 N–H and O–H groups in total. The molecule has 4 heteroatoms. The first-order chi connectivity index (χ1) is 9.60. The van der Waals surface area contributed by atoms with Crippen molar-refractivity contribution in [3.8, 4) is 5.75 Å². The maximum atomic E-state index is 9.59. The van der Waals surface area contributed by atoms with Gasteiger partial charge in [0.05, 0.1) is 0 Å². The van der Waals surface area contributed by atoms with E-state index in [0.29, 0.717) is 5.75 Å². The van der Waals surface area contributed by atoms with Crippen molar-refractivity contribution in [2.75, 3.05) is 32.7 Å². The summed E-state index contributed by atoms with van der Waals surface area (Å²) in [7, 11) is 0. The standard InChI is InChI=1S/C16H27BrN2O/c1-4-18(5-2)10-7-11-19(6-3)13-14-12-15(20)8-9-16(14)17/h8-9,12,20H,4-7,10-11,13H2,1-3H3. The number of halogens is 1. The molecular formula is C16H27BrN2O. The van der Waals surface area contributed by atoms with Crippen LogP contribution < -0.4 is 0 Å². The molecule has 0 heterocycles. The highest BCUT2D eigenvalue weighted by Crippen LogP contribution is 2.23. The molecule has 1 rings (SSSR count). The first-order valence-corrected chi connectivity index (χ1v) is 8.32. The van der Waals surface area contributed by atoms with E-state index in [0.717, 1.165) is 49.3 Å². The van der Waals surface area contributed by atoms with Crippen LogP contribution in [0.3, 0.4) is 0 Å². The molecular weight excluding hydrogens is 316 g/mol. The molecule has 1 aromatic rings. The second-order valence-electron chi connectivity index (χ2n) is 5.02. The summed E-state index contributed by atoms with van der Waals surface area (Å²) in [6.45, 7) is 13.0. The van der Waals surface area contributed by atoms with Crippen LogP contribution in [-0.4, -0.2) is 47.6 Å². The number of hydrogen-bond donors (Lipinski definition) is 1. The van der Waals surface area contributed by atoms with E-state index in [1.54, 1.807) is 6.07 Å². The summed E-state index contributed by atoms with van der Waals surface area (Å²) in [6, 6.07) is 5.47. The maximum absolute atomic E-state index is 9.59.